The normalized spacial score (nSPS) is 16.9. The maximum Gasteiger partial charge on any atom is 0.122 e. The predicted molar refractivity (Wildman–Crippen MR) is 91.7 cm³/mol. The Morgan fingerprint density at radius 2 is 1.95 bits per heavy atom. The minimum atomic E-state index is 0.766. The van der Waals surface area contributed by atoms with Gasteiger partial charge in [-0.25, -0.2) is 0 Å². The molecule has 0 bridgehead atoms. The molecule has 1 saturated heterocycles. The van der Waals surface area contributed by atoms with Gasteiger partial charge in [-0.1, -0.05) is 12.1 Å². The van der Waals surface area contributed by atoms with Crippen molar-refractivity contribution in [1.29, 1.82) is 0 Å². The predicted octanol–water partition coefficient (Wildman–Crippen LogP) is 3.82. The van der Waals surface area contributed by atoms with Gasteiger partial charge in [-0.3, -0.25) is 0 Å². The van der Waals surface area contributed by atoms with E-state index in [-0.39, 0.29) is 0 Å². The molecule has 0 spiro atoms. The molecule has 0 aliphatic carbocycles. The van der Waals surface area contributed by atoms with Crippen molar-refractivity contribution in [1.82, 2.24) is 4.90 Å². The van der Waals surface area contributed by atoms with Crippen LogP contribution in [0.25, 0.3) is 0 Å². The van der Waals surface area contributed by atoms with Crippen molar-refractivity contribution in [2.24, 2.45) is 5.92 Å². The summed E-state index contributed by atoms with van der Waals surface area (Å²) in [6, 6.07) is 6.40. The summed E-state index contributed by atoms with van der Waals surface area (Å²) in [5.41, 5.74) is 2.49. The van der Waals surface area contributed by atoms with E-state index in [0.29, 0.717) is 0 Å². The summed E-state index contributed by atoms with van der Waals surface area (Å²) in [5.74, 6) is 1.80. The number of likely N-dealkylation sites (tertiary alicyclic amines) is 1. The minimum Gasteiger partial charge on any atom is -0.493 e. The summed E-state index contributed by atoms with van der Waals surface area (Å²) in [6.07, 6.45) is 3.65. The Labute approximate surface area is 135 Å². The van der Waals surface area contributed by atoms with Gasteiger partial charge in [0, 0.05) is 19.8 Å². The van der Waals surface area contributed by atoms with Crippen molar-refractivity contribution in [3.63, 3.8) is 0 Å². The molecule has 1 aromatic rings. The fourth-order valence-corrected chi connectivity index (χ4v) is 2.99. The first-order valence-corrected chi connectivity index (χ1v) is 8.69. The Kier molecular flexibility index (Phi) is 7.20. The van der Waals surface area contributed by atoms with Crippen LogP contribution in [-0.2, 0) is 4.74 Å². The molecular formula is C19H31NO2. The molecule has 124 valence electrons. The fourth-order valence-electron chi connectivity index (χ4n) is 2.99. The van der Waals surface area contributed by atoms with Crippen LogP contribution in [0.3, 0.4) is 0 Å². The van der Waals surface area contributed by atoms with Crippen molar-refractivity contribution < 1.29 is 9.47 Å². The number of rotatable bonds is 8. The maximum absolute atomic E-state index is 5.94. The average molecular weight is 305 g/mol. The SMILES string of the molecule is CCOCC1CCN(CCCOc2cc(C)ccc2C)CC1. The van der Waals surface area contributed by atoms with Crippen LogP contribution in [0.5, 0.6) is 5.75 Å². The van der Waals surface area contributed by atoms with E-state index < -0.39 is 0 Å². The van der Waals surface area contributed by atoms with Crippen LogP contribution in [0.2, 0.25) is 0 Å². The largest absolute Gasteiger partial charge is 0.493 e. The highest BCUT2D eigenvalue weighted by Gasteiger charge is 2.18. The van der Waals surface area contributed by atoms with Crippen molar-refractivity contribution in [3.8, 4) is 5.75 Å². The summed E-state index contributed by atoms with van der Waals surface area (Å²) in [4.78, 5) is 2.56. The van der Waals surface area contributed by atoms with E-state index in [9.17, 15) is 0 Å². The van der Waals surface area contributed by atoms with Crippen LogP contribution >= 0.6 is 0 Å². The van der Waals surface area contributed by atoms with Crippen molar-refractivity contribution in [3.05, 3.63) is 29.3 Å². The van der Waals surface area contributed by atoms with Crippen LogP contribution in [0, 0.1) is 19.8 Å². The number of benzene rings is 1. The Hall–Kier alpha value is -1.06. The van der Waals surface area contributed by atoms with Gasteiger partial charge in [0.05, 0.1) is 6.61 Å². The second-order valence-electron chi connectivity index (χ2n) is 6.42. The fraction of sp³-hybridized carbons (Fsp3) is 0.684. The van der Waals surface area contributed by atoms with E-state index >= 15 is 0 Å². The van der Waals surface area contributed by atoms with Crippen molar-refractivity contribution in [2.45, 2.75) is 40.0 Å². The summed E-state index contributed by atoms with van der Waals surface area (Å²) in [5, 5.41) is 0. The van der Waals surface area contributed by atoms with Crippen LogP contribution in [0.4, 0.5) is 0 Å². The molecule has 0 atom stereocenters. The molecule has 0 amide bonds. The monoisotopic (exact) mass is 305 g/mol. The smallest absolute Gasteiger partial charge is 0.122 e. The van der Waals surface area contributed by atoms with Crippen LogP contribution in [-0.4, -0.2) is 44.4 Å². The molecule has 1 aliphatic rings. The highest BCUT2D eigenvalue weighted by atomic mass is 16.5. The third kappa shape index (κ3) is 5.62. The summed E-state index contributed by atoms with van der Waals surface area (Å²) in [6.45, 7) is 12.5. The van der Waals surface area contributed by atoms with Gasteiger partial charge in [-0.15, -0.1) is 0 Å². The molecule has 3 nitrogen and oxygen atoms in total. The highest BCUT2D eigenvalue weighted by Crippen LogP contribution is 2.20. The van der Waals surface area contributed by atoms with E-state index in [2.05, 4.69) is 43.9 Å². The maximum atomic E-state index is 5.94. The van der Waals surface area contributed by atoms with Crippen molar-refractivity contribution >= 4 is 0 Å². The van der Waals surface area contributed by atoms with Gasteiger partial charge in [0.15, 0.2) is 0 Å². The second kappa shape index (κ2) is 9.16. The molecule has 2 rings (SSSR count). The molecule has 1 aromatic carbocycles. The Bertz CT molecular complexity index is 439. The number of hydrogen-bond acceptors (Lipinski definition) is 3. The van der Waals surface area contributed by atoms with Gasteiger partial charge >= 0.3 is 0 Å². The topological polar surface area (TPSA) is 21.7 Å². The molecule has 1 heterocycles. The molecule has 22 heavy (non-hydrogen) atoms. The average Bonchev–Trinajstić information content (AvgIpc) is 2.54. The lowest BCUT2D eigenvalue weighted by Gasteiger charge is -2.31. The van der Waals surface area contributed by atoms with Crippen molar-refractivity contribution in [2.75, 3.05) is 39.5 Å². The Morgan fingerprint density at radius 1 is 1.18 bits per heavy atom. The van der Waals surface area contributed by atoms with Crippen LogP contribution in [0.15, 0.2) is 18.2 Å². The van der Waals surface area contributed by atoms with E-state index in [4.69, 9.17) is 9.47 Å². The molecule has 0 aromatic heterocycles. The third-order valence-corrected chi connectivity index (χ3v) is 4.48. The molecule has 0 unspecified atom stereocenters. The van der Waals surface area contributed by atoms with Gasteiger partial charge in [-0.2, -0.15) is 0 Å². The third-order valence-electron chi connectivity index (χ3n) is 4.48. The molecular weight excluding hydrogens is 274 g/mol. The molecule has 0 N–H and O–H groups in total. The molecule has 3 heteroatoms. The lowest BCUT2D eigenvalue weighted by atomic mass is 9.98. The molecule has 1 fully saturated rings. The zero-order valence-electron chi connectivity index (χ0n) is 14.4. The first-order chi connectivity index (χ1) is 10.7. The first-order valence-electron chi connectivity index (χ1n) is 8.69. The Morgan fingerprint density at radius 3 is 2.68 bits per heavy atom. The Balaban J connectivity index is 1.60. The van der Waals surface area contributed by atoms with E-state index in [1.54, 1.807) is 0 Å². The minimum absolute atomic E-state index is 0.766. The summed E-state index contributed by atoms with van der Waals surface area (Å²) < 4.78 is 11.5. The van der Waals surface area contributed by atoms with Crippen LogP contribution in [0.1, 0.15) is 37.3 Å². The summed E-state index contributed by atoms with van der Waals surface area (Å²) >= 11 is 0. The van der Waals surface area contributed by atoms with Gasteiger partial charge in [0.25, 0.3) is 0 Å². The van der Waals surface area contributed by atoms with E-state index in [0.717, 1.165) is 44.5 Å². The van der Waals surface area contributed by atoms with Gasteiger partial charge in [-0.05, 0) is 76.2 Å². The number of piperidine rings is 1. The second-order valence-corrected chi connectivity index (χ2v) is 6.42. The highest BCUT2D eigenvalue weighted by molar-refractivity contribution is 5.35. The number of ether oxygens (including phenoxy) is 2. The first kappa shape index (κ1) is 17.3. The van der Waals surface area contributed by atoms with Gasteiger partial charge < -0.3 is 14.4 Å². The standard InChI is InChI=1S/C19H31NO2/c1-4-21-15-18-8-11-20(12-9-18)10-5-13-22-19-14-16(2)6-7-17(19)3/h6-7,14,18H,4-5,8-13,15H2,1-3H3. The quantitative estimate of drug-likeness (QED) is 0.682. The number of hydrogen-bond donors (Lipinski definition) is 0. The van der Waals surface area contributed by atoms with E-state index in [1.165, 1.54) is 37.1 Å². The number of nitrogens with zero attached hydrogens (tertiary/aromatic N) is 1. The van der Waals surface area contributed by atoms with Gasteiger partial charge in [0.2, 0.25) is 0 Å². The molecule has 0 saturated carbocycles. The summed E-state index contributed by atoms with van der Waals surface area (Å²) in [7, 11) is 0. The lowest BCUT2D eigenvalue weighted by Crippen LogP contribution is -2.36. The van der Waals surface area contributed by atoms with Gasteiger partial charge in [0.1, 0.15) is 5.75 Å². The zero-order valence-corrected chi connectivity index (χ0v) is 14.4. The lowest BCUT2D eigenvalue weighted by molar-refractivity contribution is 0.0728. The molecule has 1 aliphatic heterocycles. The molecule has 0 radical (unpaired) electrons. The van der Waals surface area contributed by atoms with Crippen LogP contribution < -0.4 is 4.74 Å². The van der Waals surface area contributed by atoms with E-state index in [1.807, 2.05) is 0 Å². The zero-order chi connectivity index (χ0) is 15.8. The number of aryl methyl sites for hydroxylation is 2.